The summed E-state index contributed by atoms with van der Waals surface area (Å²) < 4.78 is 9.22. The van der Waals surface area contributed by atoms with Crippen molar-refractivity contribution in [2.75, 3.05) is 4.90 Å². The van der Waals surface area contributed by atoms with Gasteiger partial charge in [-0.3, -0.25) is 0 Å². The number of anilines is 3. The van der Waals surface area contributed by atoms with Gasteiger partial charge in [0.05, 0.1) is 5.69 Å². The Hall–Kier alpha value is -6.42. The van der Waals surface area contributed by atoms with E-state index in [1.165, 1.54) is 69.0 Å². The zero-order valence-electron chi connectivity index (χ0n) is 27.5. The molecule has 11 aromatic rings. The number of nitrogens with zero attached hydrogens (tertiary/aromatic N) is 1. The Morgan fingerprint density at radius 1 is 0.412 bits per heavy atom. The van der Waals surface area contributed by atoms with Gasteiger partial charge >= 0.3 is 0 Å². The Labute approximate surface area is 298 Å². The van der Waals surface area contributed by atoms with Gasteiger partial charge in [0.25, 0.3) is 0 Å². The summed E-state index contributed by atoms with van der Waals surface area (Å²) in [5.74, 6) is 0. The highest BCUT2D eigenvalue weighted by Crippen LogP contribution is 2.46. The summed E-state index contributed by atoms with van der Waals surface area (Å²) in [5.41, 5.74) is 7.68. The van der Waals surface area contributed by atoms with Gasteiger partial charge in [0.15, 0.2) is 0 Å². The molecule has 0 spiro atoms. The van der Waals surface area contributed by atoms with E-state index in [1.807, 2.05) is 11.3 Å². The van der Waals surface area contributed by atoms with Crippen molar-refractivity contribution in [2.24, 2.45) is 0 Å². The number of furan rings is 1. The fourth-order valence-electron chi connectivity index (χ4n) is 8.09. The third-order valence-corrected chi connectivity index (χ3v) is 11.6. The molecule has 238 valence electrons. The van der Waals surface area contributed by atoms with E-state index in [0.717, 1.165) is 33.6 Å². The average molecular weight is 668 g/mol. The number of fused-ring (bicyclic) bond motifs is 11. The molecule has 0 unspecified atom stereocenters. The van der Waals surface area contributed by atoms with E-state index < -0.39 is 0 Å². The normalized spacial score (nSPS) is 11.9. The smallest absolute Gasteiger partial charge is 0.144 e. The summed E-state index contributed by atoms with van der Waals surface area (Å²) in [5, 5.41) is 12.1. The molecule has 0 aliphatic carbocycles. The van der Waals surface area contributed by atoms with Crippen LogP contribution >= 0.6 is 11.3 Å². The minimum Gasteiger partial charge on any atom is -0.455 e. The summed E-state index contributed by atoms with van der Waals surface area (Å²) in [6, 6.07) is 63.7. The Morgan fingerprint density at radius 3 is 1.88 bits per heavy atom. The van der Waals surface area contributed by atoms with Crippen LogP contribution in [0.25, 0.3) is 85.6 Å². The van der Waals surface area contributed by atoms with Crippen LogP contribution in [0.5, 0.6) is 0 Å². The maximum Gasteiger partial charge on any atom is 0.144 e. The van der Waals surface area contributed by atoms with Crippen LogP contribution in [0, 0.1) is 0 Å². The van der Waals surface area contributed by atoms with Crippen molar-refractivity contribution >= 4 is 103 Å². The van der Waals surface area contributed by atoms with Crippen molar-refractivity contribution < 1.29 is 4.42 Å². The van der Waals surface area contributed by atoms with Crippen LogP contribution in [-0.2, 0) is 0 Å². The Balaban J connectivity index is 1.14. The molecule has 2 heterocycles. The van der Waals surface area contributed by atoms with E-state index in [1.54, 1.807) is 0 Å². The molecule has 0 bridgehead atoms. The number of hydrogen-bond donors (Lipinski definition) is 0. The lowest BCUT2D eigenvalue weighted by Crippen LogP contribution is -2.10. The number of benzene rings is 9. The molecule has 0 aliphatic rings. The molecular formula is C48H29NOS. The first-order valence-electron chi connectivity index (χ1n) is 17.3. The maximum absolute atomic E-state index is 6.75. The van der Waals surface area contributed by atoms with E-state index in [4.69, 9.17) is 4.42 Å². The van der Waals surface area contributed by atoms with Crippen LogP contribution in [0.2, 0.25) is 0 Å². The fraction of sp³-hybridized carbons (Fsp3) is 0. The van der Waals surface area contributed by atoms with Gasteiger partial charge in [-0.1, -0.05) is 121 Å². The standard InChI is InChI=1S/C48H29NOS/c1-4-14-36-30(9-1)12-7-17-37(36)33-19-22-34(23-20-33)49(42-18-8-13-31-10-2-5-15-38(31)42)35-24-27-44-41(29-35)47-45(51-44)28-25-40-46-39-16-6-3-11-32(39)21-26-43(46)50-48(40)47/h1-29H. The van der Waals surface area contributed by atoms with Gasteiger partial charge in [-0.2, -0.15) is 0 Å². The van der Waals surface area contributed by atoms with Crippen molar-refractivity contribution in [1.29, 1.82) is 0 Å². The van der Waals surface area contributed by atoms with Crippen LogP contribution in [0.4, 0.5) is 17.1 Å². The van der Waals surface area contributed by atoms with Crippen LogP contribution in [0.1, 0.15) is 0 Å². The highest BCUT2D eigenvalue weighted by Gasteiger charge is 2.20. The molecule has 51 heavy (non-hydrogen) atoms. The lowest BCUT2D eigenvalue weighted by molar-refractivity contribution is 0.673. The molecule has 0 saturated heterocycles. The molecule has 0 N–H and O–H groups in total. The predicted octanol–water partition coefficient (Wildman–Crippen LogP) is 14.6. The van der Waals surface area contributed by atoms with Crippen LogP contribution in [0.15, 0.2) is 180 Å². The van der Waals surface area contributed by atoms with E-state index in [0.29, 0.717) is 0 Å². The van der Waals surface area contributed by atoms with Crippen molar-refractivity contribution in [1.82, 2.24) is 0 Å². The second-order valence-electron chi connectivity index (χ2n) is 13.3. The van der Waals surface area contributed by atoms with E-state index in [9.17, 15) is 0 Å². The Kier molecular flexibility index (Phi) is 6.16. The summed E-state index contributed by atoms with van der Waals surface area (Å²) in [6.45, 7) is 0. The van der Waals surface area contributed by atoms with Crippen molar-refractivity contribution in [3.05, 3.63) is 176 Å². The summed E-state index contributed by atoms with van der Waals surface area (Å²) in [6.07, 6.45) is 0. The first kappa shape index (κ1) is 28.4. The second-order valence-corrected chi connectivity index (χ2v) is 14.4. The molecule has 0 saturated carbocycles. The number of hydrogen-bond acceptors (Lipinski definition) is 3. The van der Waals surface area contributed by atoms with Crippen LogP contribution < -0.4 is 4.90 Å². The predicted molar refractivity (Wildman–Crippen MR) is 219 cm³/mol. The minimum atomic E-state index is 0.926. The van der Waals surface area contributed by atoms with E-state index in [2.05, 4.69) is 181 Å². The van der Waals surface area contributed by atoms with Gasteiger partial charge < -0.3 is 9.32 Å². The van der Waals surface area contributed by atoms with Gasteiger partial charge in [-0.05, 0) is 92.7 Å². The van der Waals surface area contributed by atoms with Crippen molar-refractivity contribution in [2.45, 2.75) is 0 Å². The molecule has 0 fully saturated rings. The van der Waals surface area contributed by atoms with E-state index >= 15 is 0 Å². The summed E-state index contributed by atoms with van der Waals surface area (Å²) >= 11 is 1.83. The second kappa shape index (κ2) is 11.0. The number of rotatable bonds is 4. The molecule has 11 rings (SSSR count). The molecular weight excluding hydrogens is 639 g/mol. The van der Waals surface area contributed by atoms with Gasteiger partial charge in [0, 0.05) is 47.7 Å². The molecule has 9 aromatic carbocycles. The highest BCUT2D eigenvalue weighted by atomic mass is 32.1. The van der Waals surface area contributed by atoms with Gasteiger partial charge in [0.2, 0.25) is 0 Å². The monoisotopic (exact) mass is 667 g/mol. The molecule has 3 heteroatoms. The largest absolute Gasteiger partial charge is 0.455 e. The maximum atomic E-state index is 6.75. The lowest BCUT2D eigenvalue weighted by atomic mass is 9.98. The van der Waals surface area contributed by atoms with Gasteiger partial charge in [0.1, 0.15) is 11.2 Å². The van der Waals surface area contributed by atoms with Crippen molar-refractivity contribution in [3.63, 3.8) is 0 Å². The zero-order valence-corrected chi connectivity index (χ0v) is 28.3. The quantitative estimate of drug-likeness (QED) is 0.186. The Bertz CT molecular complexity index is 3140. The lowest BCUT2D eigenvalue weighted by Gasteiger charge is -2.27. The molecule has 0 radical (unpaired) electrons. The van der Waals surface area contributed by atoms with Gasteiger partial charge in [-0.25, -0.2) is 0 Å². The summed E-state index contributed by atoms with van der Waals surface area (Å²) in [7, 11) is 0. The zero-order chi connectivity index (χ0) is 33.5. The van der Waals surface area contributed by atoms with Crippen molar-refractivity contribution in [3.8, 4) is 11.1 Å². The minimum absolute atomic E-state index is 0.926. The van der Waals surface area contributed by atoms with E-state index in [-0.39, 0.29) is 0 Å². The van der Waals surface area contributed by atoms with Crippen LogP contribution in [0.3, 0.4) is 0 Å². The fourth-order valence-corrected chi connectivity index (χ4v) is 9.17. The number of thiophene rings is 1. The van der Waals surface area contributed by atoms with Gasteiger partial charge in [-0.15, -0.1) is 11.3 Å². The molecule has 0 atom stereocenters. The van der Waals surface area contributed by atoms with Crippen LogP contribution in [-0.4, -0.2) is 0 Å². The molecule has 0 amide bonds. The first-order chi connectivity index (χ1) is 25.3. The first-order valence-corrected chi connectivity index (χ1v) is 18.2. The Morgan fingerprint density at radius 2 is 1.06 bits per heavy atom. The average Bonchev–Trinajstić information content (AvgIpc) is 3.77. The SMILES string of the molecule is c1ccc2c(-c3ccc(N(c4ccc5sc6ccc7c(oc8ccc9ccccc9c87)c6c5c4)c4cccc5ccccc45)cc3)cccc2c1. The topological polar surface area (TPSA) is 16.4 Å². The third-order valence-electron chi connectivity index (χ3n) is 10.4. The molecule has 2 aromatic heterocycles. The molecule has 2 nitrogen and oxygen atoms in total. The third kappa shape index (κ3) is 4.35. The highest BCUT2D eigenvalue weighted by molar-refractivity contribution is 7.26. The molecule has 0 aliphatic heterocycles. The summed E-state index contributed by atoms with van der Waals surface area (Å²) in [4.78, 5) is 2.41.